The number of aromatic carboxylic acids is 1. The fourth-order valence-corrected chi connectivity index (χ4v) is 2.95. The Morgan fingerprint density at radius 1 is 1.56 bits per heavy atom. The van der Waals surface area contributed by atoms with E-state index in [2.05, 4.69) is 18.2 Å². The number of carboxylic acid groups (broad SMARTS) is 1. The molecule has 0 unspecified atom stereocenters. The van der Waals surface area contributed by atoms with E-state index in [0.29, 0.717) is 18.4 Å². The van der Waals surface area contributed by atoms with Gasteiger partial charge in [0.25, 0.3) is 0 Å². The molecule has 4 nitrogen and oxygen atoms in total. The average Bonchev–Trinajstić information content (AvgIpc) is 2.71. The van der Waals surface area contributed by atoms with Crippen molar-refractivity contribution in [3.05, 3.63) is 23.3 Å². The summed E-state index contributed by atoms with van der Waals surface area (Å²) in [5.74, 6) is -0.472. The van der Waals surface area contributed by atoms with Crippen LogP contribution in [0.5, 0.6) is 5.75 Å². The molecular weight excluding hydrogens is 250 g/mol. The Morgan fingerprint density at radius 2 is 2.28 bits per heavy atom. The van der Waals surface area contributed by atoms with Gasteiger partial charge in [0.05, 0.1) is 6.61 Å². The number of fused-ring (bicyclic) bond motifs is 1. The van der Waals surface area contributed by atoms with Crippen LogP contribution in [0.3, 0.4) is 0 Å². The van der Waals surface area contributed by atoms with E-state index in [1.54, 1.807) is 18.0 Å². The Bertz CT molecular complexity index is 474. The Kier molecular flexibility index (Phi) is 3.82. The van der Waals surface area contributed by atoms with Crippen LogP contribution >= 0.6 is 11.9 Å². The maximum absolute atomic E-state index is 11.2. The summed E-state index contributed by atoms with van der Waals surface area (Å²) in [5, 5.41) is 9.20. The monoisotopic (exact) mass is 267 g/mol. The van der Waals surface area contributed by atoms with E-state index < -0.39 is 5.97 Å². The number of hydrogen-bond donors (Lipinski definition) is 1. The maximum Gasteiger partial charge on any atom is 0.339 e. The summed E-state index contributed by atoms with van der Waals surface area (Å²) < 4.78 is 7.64. The van der Waals surface area contributed by atoms with Crippen molar-refractivity contribution in [1.82, 2.24) is 4.31 Å². The van der Waals surface area contributed by atoms with Crippen molar-refractivity contribution in [2.24, 2.45) is 0 Å². The van der Waals surface area contributed by atoms with Crippen molar-refractivity contribution in [2.75, 3.05) is 6.61 Å². The maximum atomic E-state index is 11.2. The third-order valence-electron chi connectivity index (χ3n) is 2.81. The van der Waals surface area contributed by atoms with Crippen LogP contribution in [0.1, 0.15) is 36.7 Å². The molecule has 1 aromatic carbocycles. The van der Waals surface area contributed by atoms with Crippen molar-refractivity contribution >= 4 is 17.9 Å². The van der Waals surface area contributed by atoms with E-state index >= 15 is 0 Å². The number of rotatable bonds is 4. The number of benzene rings is 1. The van der Waals surface area contributed by atoms with Crippen LogP contribution in [0.4, 0.5) is 0 Å². The van der Waals surface area contributed by atoms with Gasteiger partial charge in [0.15, 0.2) is 0 Å². The van der Waals surface area contributed by atoms with Crippen molar-refractivity contribution in [3.8, 4) is 5.75 Å². The minimum atomic E-state index is -0.940. The molecule has 0 spiro atoms. The third-order valence-corrected chi connectivity index (χ3v) is 4.17. The Labute approximate surface area is 111 Å². The molecular formula is C13H17NO3S. The first-order valence-electron chi connectivity index (χ1n) is 6.00. The van der Waals surface area contributed by atoms with Crippen LogP contribution in [0.25, 0.3) is 0 Å². The molecule has 0 fully saturated rings. The number of nitrogens with zero attached hydrogens (tertiary/aromatic N) is 1. The van der Waals surface area contributed by atoms with Gasteiger partial charge in [-0.1, -0.05) is 0 Å². The quantitative estimate of drug-likeness (QED) is 0.850. The van der Waals surface area contributed by atoms with Gasteiger partial charge < -0.3 is 9.84 Å². The van der Waals surface area contributed by atoms with Gasteiger partial charge in [-0.3, -0.25) is 0 Å². The molecule has 0 aliphatic carbocycles. The minimum absolute atomic E-state index is 0.244. The van der Waals surface area contributed by atoms with Crippen LogP contribution in [-0.4, -0.2) is 28.0 Å². The van der Waals surface area contributed by atoms with Crippen LogP contribution in [-0.2, 0) is 6.54 Å². The molecule has 2 rings (SSSR count). The minimum Gasteiger partial charge on any atom is -0.493 e. The smallest absolute Gasteiger partial charge is 0.339 e. The molecule has 1 N–H and O–H groups in total. The highest BCUT2D eigenvalue weighted by Gasteiger charge is 2.25. The molecule has 0 amide bonds. The van der Waals surface area contributed by atoms with E-state index in [-0.39, 0.29) is 5.56 Å². The second-order valence-electron chi connectivity index (χ2n) is 4.45. The predicted molar refractivity (Wildman–Crippen MR) is 71.1 cm³/mol. The fraction of sp³-hybridized carbons (Fsp3) is 0.462. The number of carboxylic acids is 1. The summed E-state index contributed by atoms with van der Waals surface area (Å²) in [7, 11) is 0. The van der Waals surface area contributed by atoms with Crippen molar-refractivity contribution < 1.29 is 14.6 Å². The molecule has 1 aliphatic heterocycles. The van der Waals surface area contributed by atoms with Gasteiger partial charge >= 0.3 is 5.97 Å². The average molecular weight is 267 g/mol. The highest BCUT2D eigenvalue weighted by atomic mass is 32.2. The van der Waals surface area contributed by atoms with Gasteiger partial charge in [-0.05, 0) is 50.4 Å². The van der Waals surface area contributed by atoms with Gasteiger partial charge in [-0.2, -0.15) is 0 Å². The summed E-state index contributed by atoms with van der Waals surface area (Å²) in [5.41, 5.74) is 1.39. The van der Waals surface area contributed by atoms with Crippen LogP contribution in [0.2, 0.25) is 0 Å². The lowest BCUT2D eigenvalue weighted by atomic mass is 10.1. The number of hydrogen-bond acceptors (Lipinski definition) is 4. The van der Waals surface area contributed by atoms with Gasteiger partial charge in [-0.25, -0.2) is 9.10 Å². The zero-order chi connectivity index (χ0) is 13.3. The van der Waals surface area contributed by atoms with Gasteiger partial charge in [0.2, 0.25) is 0 Å². The zero-order valence-electron chi connectivity index (χ0n) is 10.8. The molecule has 0 radical (unpaired) electrons. The van der Waals surface area contributed by atoms with Gasteiger partial charge in [0.1, 0.15) is 11.3 Å². The Hall–Kier alpha value is -1.20. The first kappa shape index (κ1) is 13.2. The van der Waals surface area contributed by atoms with E-state index in [9.17, 15) is 9.90 Å². The molecule has 0 aromatic heterocycles. The molecule has 1 heterocycles. The second kappa shape index (κ2) is 5.20. The topological polar surface area (TPSA) is 49.8 Å². The van der Waals surface area contributed by atoms with Crippen LogP contribution in [0.15, 0.2) is 17.0 Å². The fourth-order valence-electron chi connectivity index (χ4n) is 1.87. The lowest BCUT2D eigenvalue weighted by Crippen LogP contribution is -2.18. The molecule has 98 valence electrons. The number of carbonyl (C=O) groups is 1. The van der Waals surface area contributed by atoms with Gasteiger partial charge in [-0.15, -0.1) is 0 Å². The van der Waals surface area contributed by atoms with E-state index in [1.165, 1.54) is 0 Å². The van der Waals surface area contributed by atoms with E-state index in [4.69, 9.17) is 4.74 Å². The van der Waals surface area contributed by atoms with Crippen LogP contribution in [0, 0.1) is 0 Å². The third kappa shape index (κ3) is 2.47. The zero-order valence-corrected chi connectivity index (χ0v) is 11.6. The number of ether oxygens (including phenoxy) is 1. The largest absolute Gasteiger partial charge is 0.493 e. The normalized spacial score (nSPS) is 14.9. The first-order valence-corrected chi connectivity index (χ1v) is 6.78. The molecule has 0 atom stereocenters. The molecule has 0 saturated heterocycles. The summed E-state index contributed by atoms with van der Waals surface area (Å²) in [6, 6.07) is 4.00. The lowest BCUT2D eigenvalue weighted by molar-refractivity contribution is 0.0692. The van der Waals surface area contributed by atoms with Crippen molar-refractivity contribution in [3.63, 3.8) is 0 Å². The molecule has 1 aromatic rings. The van der Waals surface area contributed by atoms with Crippen molar-refractivity contribution in [2.45, 2.75) is 38.3 Å². The highest BCUT2D eigenvalue weighted by molar-refractivity contribution is 7.97. The SMILES string of the molecule is CCOc1cc2c(cc1C(=O)O)SN(C(C)C)C2. The van der Waals surface area contributed by atoms with E-state index in [0.717, 1.165) is 17.0 Å². The first-order chi connectivity index (χ1) is 8.52. The standard InChI is InChI=1S/C13H17NO3S/c1-4-17-11-5-9-7-14(8(2)3)18-12(9)6-10(11)13(15)16/h5-6,8H,4,7H2,1-3H3,(H,15,16). The van der Waals surface area contributed by atoms with Crippen LogP contribution < -0.4 is 4.74 Å². The van der Waals surface area contributed by atoms with Crippen molar-refractivity contribution in [1.29, 1.82) is 0 Å². The summed E-state index contributed by atoms with van der Waals surface area (Å²) in [6.07, 6.45) is 0. The molecule has 0 bridgehead atoms. The summed E-state index contributed by atoms with van der Waals surface area (Å²) in [4.78, 5) is 12.2. The van der Waals surface area contributed by atoms with Gasteiger partial charge in [0, 0.05) is 17.5 Å². The molecule has 18 heavy (non-hydrogen) atoms. The molecule has 0 saturated carbocycles. The van der Waals surface area contributed by atoms with E-state index in [1.807, 2.05) is 13.0 Å². The highest BCUT2D eigenvalue weighted by Crippen LogP contribution is 2.40. The molecule has 5 heteroatoms. The summed E-state index contributed by atoms with van der Waals surface area (Å²) in [6.45, 7) is 7.41. The Balaban J connectivity index is 2.37. The molecule has 1 aliphatic rings. The summed E-state index contributed by atoms with van der Waals surface area (Å²) >= 11 is 1.62. The lowest BCUT2D eigenvalue weighted by Gasteiger charge is -2.17. The predicted octanol–water partition coefficient (Wildman–Crippen LogP) is 3.01. The Morgan fingerprint density at radius 3 is 2.83 bits per heavy atom. The second-order valence-corrected chi connectivity index (χ2v) is 5.55.